The van der Waals surface area contributed by atoms with Crippen LogP contribution in [0.2, 0.25) is 0 Å². The van der Waals surface area contributed by atoms with E-state index in [0.717, 1.165) is 25.7 Å². The number of nitrogens with two attached hydrogens (primary N) is 2. The molecular formula is C11H23ClN4O3S. The fourth-order valence-electron chi connectivity index (χ4n) is 2.87. The molecule has 118 valence electrons. The summed E-state index contributed by atoms with van der Waals surface area (Å²) >= 11 is 0. The Labute approximate surface area is 126 Å². The van der Waals surface area contributed by atoms with Crippen molar-refractivity contribution < 1.29 is 13.2 Å². The van der Waals surface area contributed by atoms with Gasteiger partial charge in [-0.05, 0) is 19.3 Å². The van der Waals surface area contributed by atoms with Crippen LogP contribution in [0.25, 0.3) is 0 Å². The molecule has 1 saturated carbocycles. The lowest BCUT2D eigenvalue weighted by molar-refractivity contribution is -0.137. The van der Waals surface area contributed by atoms with Crippen LogP contribution in [0.4, 0.5) is 0 Å². The predicted octanol–water partition coefficient (Wildman–Crippen LogP) is -0.727. The van der Waals surface area contributed by atoms with Crippen LogP contribution in [0, 0.1) is 5.92 Å². The normalized spacial score (nSPS) is 28.8. The van der Waals surface area contributed by atoms with Gasteiger partial charge in [-0.25, -0.2) is 5.14 Å². The molecule has 1 aliphatic heterocycles. The van der Waals surface area contributed by atoms with Gasteiger partial charge in [0, 0.05) is 38.1 Å². The number of nitrogens with zero attached hydrogens (tertiary/aromatic N) is 2. The van der Waals surface area contributed by atoms with E-state index in [1.165, 1.54) is 4.31 Å². The maximum Gasteiger partial charge on any atom is 0.277 e. The highest BCUT2D eigenvalue weighted by Gasteiger charge is 2.32. The van der Waals surface area contributed by atoms with Gasteiger partial charge in [-0.1, -0.05) is 6.42 Å². The number of halogens is 1. The van der Waals surface area contributed by atoms with E-state index >= 15 is 0 Å². The molecule has 2 rings (SSSR count). The van der Waals surface area contributed by atoms with Crippen LogP contribution in [0.5, 0.6) is 0 Å². The second kappa shape index (κ2) is 7.04. The van der Waals surface area contributed by atoms with E-state index in [1.807, 2.05) is 0 Å². The quantitative estimate of drug-likeness (QED) is 0.697. The molecule has 0 radical (unpaired) electrons. The number of carbonyl (C=O) groups excluding carboxylic acids is 1. The fourth-order valence-corrected chi connectivity index (χ4v) is 3.55. The summed E-state index contributed by atoms with van der Waals surface area (Å²) in [7, 11) is -3.63. The molecule has 1 aliphatic carbocycles. The zero-order chi connectivity index (χ0) is 14.0. The average molecular weight is 327 g/mol. The lowest BCUT2D eigenvalue weighted by Crippen LogP contribution is -2.53. The highest BCUT2D eigenvalue weighted by Crippen LogP contribution is 2.25. The van der Waals surface area contributed by atoms with Crippen LogP contribution in [0.3, 0.4) is 0 Å². The molecule has 0 aromatic heterocycles. The van der Waals surface area contributed by atoms with Gasteiger partial charge in [-0.3, -0.25) is 4.79 Å². The van der Waals surface area contributed by atoms with Crippen molar-refractivity contribution in [2.75, 3.05) is 26.2 Å². The van der Waals surface area contributed by atoms with Crippen LogP contribution < -0.4 is 10.9 Å². The smallest absolute Gasteiger partial charge is 0.277 e. The summed E-state index contributed by atoms with van der Waals surface area (Å²) < 4.78 is 23.6. The largest absolute Gasteiger partial charge is 0.340 e. The van der Waals surface area contributed by atoms with Gasteiger partial charge in [-0.15, -0.1) is 12.4 Å². The van der Waals surface area contributed by atoms with Crippen molar-refractivity contribution in [1.82, 2.24) is 9.21 Å². The lowest BCUT2D eigenvalue weighted by Gasteiger charge is -2.36. The summed E-state index contributed by atoms with van der Waals surface area (Å²) in [5.41, 5.74) is 5.90. The Bertz CT molecular complexity index is 437. The average Bonchev–Trinajstić information content (AvgIpc) is 2.37. The van der Waals surface area contributed by atoms with Gasteiger partial charge >= 0.3 is 0 Å². The van der Waals surface area contributed by atoms with E-state index in [-0.39, 0.29) is 43.4 Å². The van der Waals surface area contributed by atoms with Gasteiger partial charge in [0.25, 0.3) is 10.2 Å². The molecule has 2 fully saturated rings. The molecule has 2 unspecified atom stereocenters. The Balaban J connectivity index is 0.00000200. The van der Waals surface area contributed by atoms with Crippen LogP contribution >= 0.6 is 12.4 Å². The van der Waals surface area contributed by atoms with Gasteiger partial charge in [0.15, 0.2) is 0 Å². The predicted molar refractivity (Wildman–Crippen MR) is 78.4 cm³/mol. The first kappa shape index (κ1) is 17.6. The Morgan fingerprint density at radius 3 is 2.20 bits per heavy atom. The first-order valence-corrected chi connectivity index (χ1v) is 8.20. The Kier molecular flexibility index (Phi) is 6.21. The minimum Gasteiger partial charge on any atom is -0.340 e. The van der Waals surface area contributed by atoms with E-state index in [0.29, 0.717) is 13.1 Å². The first-order valence-electron chi connectivity index (χ1n) is 6.70. The van der Waals surface area contributed by atoms with Gasteiger partial charge in [0.05, 0.1) is 0 Å². The Hall–Kier alpha value is -0.410. The van der Waals surface area contributed by atoms with Crippen molar-refractivity contribution in [3.63, 3.8) is 0 Å². The van der Waals surface area contributed by atoms with E-state index < -0.39 is 10.2 Å². The number of hydrogen-bond donors (Lipinski definition) is 2. The van der Waals surface area contributed by atoms with E-state index in [4.69, 9.17) is 10.9 Å². The van der Waals surface area contributed by atoms with Crippen LogP contribution in [0.15, 0.2) is 0 Å². The molecule has 0 bridgehead atoms. The molecule has 0 aromatic carbocycles. The SMILES string of the molecule is Cl.NC1CCCC(C(=O)N2CCN(S(N)(=O)=O)CC2)C1. The highest BCUT2D eigenvalue weighted by atomic mass is 35.5. The summed E-state index contributed by atoms with van der Waals surface area (Å²) in [6.07, 6.45) is 3.62. The fraction of sp³-hybridized carbons (Fsp3) is 0.909. The number of amides is 1. The molecule has 1 heterocycles. The summed E-state index contributed by atoms with van der Waals surface area (Å²) in [6.45, 7) is 1.40. The summed E-state index contributed by atoms with van der Waals surface area (Å²) in [5, 5.41) is 5.07. The number of piperazine rings is 1. The van der Waals surface area contributed by atoms with Crippen molar-refractivity contribution in [3.05, 3.63) is 0 Å². The highest BCUT2D eigenvalue weighted by molar-refractivity contribution is 7.86. The summed E-state index contributed by atoms with van der Waals surface area (Å²) in [5.74, 6) is 0.119. The maximum atomic E-state index is 12.3. The number of carbonyl (C=O) groups is 1. The summed E-state index contributed by atoms with van der Waals surface area (Å²) in [4.78, 5) is 14.1. The zero-order valence-corrected chi connectivity index (χ0v) is 13.0. The maximum absolute atomic E-state index is 12.3. The molecule has 0 spiro atoms. The van der Waals surface area contributed by atoms with Crippen molar-refractivity contribution in [3.8, 4) is 0 Å². The van der Waals surface area contributed by atoms with Crippen LogP contribution in [-0.4, -0.2) is 55.8 Å². The molecule has 1 amide bonds. The number of hydrogen-bond acceptors (Lipinski definition) is 4. The molecule has 1 saturated heterocycles. The third-order valence-corrected chi connectivity index (χ3v) is 5.06. The molecule has 20 heavy (non-hydrogen) atoms. The van der Waals surface area contributed by atoms with E-state index in [9.17, 15) is 13.2 Å². The third kappa shape index (κ3) is 4.29. The molecule has 2 atom stereocenters. The number of rotatable bonds is 2. The second-order valence-electron chi connectivity index (χ2n) is 5.39. The molecule has 7 nitrogen and oxygen atoms in total. The van der Waals surface area contributed by atoms with Crippen molar-refractivity contribution in [2.45, 2.75) is 31.7 Å². The lowest BCUT2D eigenvalue weighted by atomic mass is 9.85. The second-order valence-corrected chi connectivity index (χ2v) is 6.94. The van der Waals surface area contributed by atoms with E-state index in [1.54, 1.807) is 4.90 Å². The summed E-state index contributed by atoms with van der Waals surface area (Å²) in [6, 6.07) is 0.119. The van der Waals surface area contributed by atoms with Crippen molar-refractivity contribution in [1.29, 1.82) is 0 Å². The third-order valence-electron chi connectivity index (χ3n) is 3.97. The molecule has 2 aliphatic rings. The van der Waals surface area contributed by atoms with Crippen molar-refractivity contribution >= 4 is 28.5 Å². The molecule has 4 N–H and O–H groups in total. The minimum absolute atomic E-state index is 0. The Morgan fingerprint density at radius 1 is 1.10 bits per heavy atom. The topological polar surface area (TPSA) is 110 Å². The molecular weight excluding hydrogens is 304 g/mol. The van der Waals surface area contributed by atoms with E-state index in [2.05, 4.69) is 0 Å². The van der Waals surface area contributed by atoms with Crippen LogP contribution in [0.1, 0.15) is 25.7 Å². The first-order chi connectivity index (χ1) is 8.88. The van der Waals surface area contributed by atoms with Crippen molar-refractivity contribution in [2.24, 2.45) is 16.8 Å². The zero-order valence-electron chi connectivity index (χ0n) is 11.4. The van der Waals surface area contributed by atoms with Gasteiger partial charge < -0.3 is 10.6 Å². The van der Waals surface area contributed by atoms with Gasteiger partial charge in [0.1, 0.15) is 0 Å². The standard InChI is InChI=1S/C11H22N4O3S.ClH/c12-10-3-1-2-9(8-10)11(16)14-4-6-15(7-5-14)19(13,17)18;/h9-10H,1-8,12H2,(H2,13,17,18);1H. The van der Waals surface area contributed by atoms with Crippen LogP contribution in [-0.2, 0) is 15.0 Å². The molecule has 9 heteroatoms. The van der Waals surface area contributed by atoms with Gasteiger partial charge in [0.2, 0.25) is 5.91 Å². The monoisotopic (exact) mass is 326 g/mol. The Morgan fingerprint density at radius 2 is 1.70 bits per heavy atom. The minimum atomic E-state index is -3.63. The molecule has 0 aromatic rings. The van der Waals surface area contributed by atoms with Gasteiger partial charge in [-0.2, -0.15) is 12.7 Å².